The summed E-state index contributed by atoms with van der Waals surface area (Å²) in [5, 5.41) is 10.8. The van der Waals surface area contributed by atoms with E-state index in [4.69, 9.17) is 4.74 Å². The molecule has 0 spiro atoms. The van der Waals surface area contributed by atoms with Gasteiger partial charge in [0.1, 0.15) is 6.10 Å². The number of hydrogen-bond acceptors (Lipinski definition) is 3. The van der Waals surface area contributed by atoms with Crippen LogP contribution in [0.15, 0.2) is 11.1 Å². The second-order valence-corrected chi connectivity index (χ2v) is 6.51. The number of esters is 1. The third-order valence-electron chi connectivity index (χ3n) is 5.85. The first-order valence-electron chi connectivity index (χ1n) is 7.06. The Bertz CT molecular complexity index is 425. The predicted molar refractivity (Wildman–Crippen MR) is 67.8 cm³/mol. The topological polar surface area (TPSA) is 46.5 Å². The number of hydrogen-bond donors (Lipinski definition) is 1. The highest BCUT2D eigenvalue weighted by Crippen LogP contribution is 2.56. The first-order chi connectivity index (χ1) is 8.46. The van der Waals surface area contributed by atoms with Crippen LogP contribution < -0.4 is 0 Å². The number of carbonyl (C=O) groups is 1. The van der Waals surface area contributed by atoms with E-state index < -0.39 is 6.10 Å². The van der Waals surface area contributed by atoms with E-state index in [-0.39, 0.29) is 17.5 Å². The van der Waals surface area contributed by atoms with Crippen molar-refractivity contribution >= 4 is 5.97 Å². The van der Waals surface area contributed by atoms with E-state index in [1.54, 1.807) is 6.92 Å². The standard InChI is InChI=1S/C15H22O3/c1-8-5-4-6-10-7-11-12(9(2)14(17)18-11)13(16)15(8,10)3/h8,10-11,13,16H,4-7H2,1-3H3/t8-,10+,11-,13-,15+/m0/s1. The Morgan fingerprint density at radius 3 is 2.83 bits per heavy atom. The zero-order valence-corrected chi connectivity index (χ0v) is 11.4. The first-order valence-corrected chi connectivity index (χ1v) is 7.06. The van der Waals surface area contributed by atoms with Crippen LogP contribution >= 0.6 is 0 Å². The van der Waals surface area contributed by atoms with Crippen LogP contribution in [0.1, 0.15) is 46.5 Å². The van der Waals surface area contributed by atoms with Crippen molar-refractivity contribution in [2.24, 2.45) is 17.3 Å². The summed E-state index contributed by atoms with van der Waals surface area (Å²) < 4.78 is 5.40. The van der Waals surface area contributed by atoms with Gasteiger partial charge >= 0.3 is 5.97 Å². The van der Waals surface area contributed by atoms with Gasteiger partial charge in [0.15, 0.2) is 0 Å². The van der Waals surface area contributed by atoms with E-state index in [2.05, 4.69) is 13.8 Å². The van der Waals surface area contributed by atoms with E-state index in [9.17, 15) is 9.90 Å². The molecule has 0 saturated heterocycles. The largest absolute Gasteiger partial charge is 0.454 e. The van der Waals surface area contributed by atoms with Crippen LogP contribution in [-0.4, -0.2) is 23.3 Å². The van der Waals surface area contributed by atoms with Gasteiger partial charge in [0, 0.05) is 16.6 Å². The molecule has 1 N–H and O–H groups in total. The molecule has 0 aromatic rings. The molecule has 0 aromatic heterocycles. The maximum atomic E-state index is 11.7. The van der Waals surface area contributed by atoms with E-state index >= 15 is 0 Å². The summed E-state index contributed by atoms with van der Waals surface area (Å²) in [7, 11) is 0. The van der Waals surface area contributed by atoms with Crippen LogP contribution in [-0.2, 0) is 9.53 Å². The van der Waals surface area contributed by atoms with Crippen LogP contribution in [0.3, 0.4) is 0 Å². The molecule has 5 atom stereocenters. The number of carbonyl (C=O) groups excluding carboxylic acids is 1. The van der Waals surface area contributed by atoms with Gasteiger partial charge in [-0.2, -0.15) is 0 Å². The summed E-state index contributed by atoms with van der Waals surface area (Å²) in [4.78, 5) is 11.7. The number of rotatable bonds is 0. The molecular formula is C15H22O3. The van der Waals surface area contributed by atoms with Crippen molar-refractivity contribution in [1.82, 2.24) is 0 Å². The molecule has 3 nitrogen and oxygen atoms in total. The summed E-state index contributed by atoms with van der Waals surface area (Å²) in [6.45, 7) is 6.23. The van der Waals surface area contributed by atoms with Crippen molar-refractivity contribution in [3.8, 4) is 0 Å². The number of fused-ring (bicyclic) bond motifs is 2. The molecule has 1 heterocycles. The van der Waals surface area contributed by atoms with Crippen molar-refractivity contribution in [2.45, 2.75) is 58.7 Å². The van der Waals surface area contributed by atoms with Crippen LogP contribution in [0, 0.1) is 17.3 Å². The minimum atomic E-state index is -0.511. The fraction of sp³-hybridized carbons (Fsp3) is 0.800. The average molecular weight is 250 g/mol. The Morgan fingerprint density at radius 1 is 1.39 bits per heavy atom. The maximum Gasteiger partial charge on any atom is 0.334 e. The number of aliphatic hydroxyl groups is 1. The lowest BCUT2D eigenvalue weighted by molar-refractivity contribution is -0.145. The van der Waals surface area contributed by atoms with Crippen molar-refractivity contribution in [1.29, 1.82) is 0 Å². The minimum absolute atomic E-state index is 0.0840. The van der Waals surface area contributed by atoms with Crippen molar-refractivity contribution < 1.29 is 14.6 Å². The van der Waals surface area contributed by atoms with Gasteiger partial charge in [-0.1, -0.05) is 26.7 Å². The van der Waals surface area contributed by atoms with Crippen LogP contribution in [0.4, 0.5) is 0 Å². The van der Waals surface area contributed by atoms with Crippen LogP contribution in [0.2, 0.25) is 0 Å². The van der Waals surface area contributed by atoms with Gasteiger partial charge in [-0.25, -0.2) is 4.79 Å². The first kappa shape index (κ1) is 12.2. The fourth-order valence-corrected chi connectivity index (χ4v) is 4.35. The normalized spacial score (nSPS) is 47.7. The van der Waals surface area contributed by atoms with E-state index in [1.807, 2.05) is 0 Å². The lowest BCUT2D eigenvalue weighted by atomic mass is 9.53. The molecule has 0 unspecified atom stereocenters. The minimum Gasteiger partial charge on any atom is -0.454 e. The zero-order valence-electron chi connectivity index (χ0n) is 11.4. The quantitative estimate of drug-likeness (QED) is 0.672. The van der Waals surface area contributed by atoms with E-state index in [0.717, 1.165) is 18.4 Å². The Labute approximate surface area is 108 Å². The fourth-order valence-electron chi connectivity index (χ4n) is 4.35. The molecule has 18 heavy (non-hydrogen) atoms. The summed E-state index contributed by atoms with van der Waals surface area (Å²) in [6, 6.07) is 0. The Balaban J connectivity index is 2.04. The van der Waals surface area contributed by atoms with Gasteiger partial charge in [0.05, 0.1) is 6.10 Å². The van der Waals surface area contributed by atoms with Crippen molar-refractivity contribution in [3.05, 3.63) is 11.1 Å². The highest BCUT2D eigenvalue weighted by atomic mass is 16.5. The monoisotopic (exact) mass is 250 g/mol. The van der Waals surface area contributed by atoms with Crippen LogP contribution in [0.25, 0.3) is 0 Å². The lowest BCUT2D eigenvalue weighted by Gasteiger charge is -2.53. The molecule has 2 saturated carbocycles. The molecule has 0 amide bonds. The zero-order chi connectivity index (χ0) is 13.1. The van der Waals surface area contributed by atoms with Gasteiger partial charge in [-0.05, 0) is 31.6 Å². The van der Waals surface area contributed by atoms with Gasteiger partial charge in [-0.3, -0.25) is 0 Å². The molecule has 100 valence electrons. The van der Waals surface area contributed by atoms with Gasteiger partial charge in [0.2, 0.25) is 0 Å². The Kier molecular flexibility index (Phi) is 2.60. The third-order valence-corrected chi connectivity index (χ3v) is 5.85. The highest BCUT2D eigenvalue weighted by molar-refractivity contribution is 5.92. The predicted octanol–water partition coefficient (Wildman–Crippen LogP) is 2.44. The van der Waals surface area contributed by atoms with Gasteiger partial charge in [0.25, 0.3) is 0 Å². The maximum absolute atomic E-state index is 11.7. The molecule has 2 fully saturated rings. The molecule has 0 radical (unpaired) electrons. The second kappa shape index (κ2) is 3.83. The molecule has 0 aromatic carbocycles. The molecule has 2 aliphatic carbocycles. The summed E-state index contributed by atoms with van der Waals surface area (Å²) >= 11 is 0. The Morgan fingerprint density at radius 2 is 2.11 bits per heavy atom. The molecule has 3 aliphatic rings. The highest BCUT2D eigenvalue weighted by Gasteiger charge is 2.56. The Hall–Kier alpha value is -0.830. The lowest BCUT2D eigenvalue weighted by Crippen LogP contribution is -2.53. The smallest absolute Gasteiger partial charge is 0.334 e. The van der Waals surface area contributed by atoms with E-state index in [0.29, 0.717) is 17.4 Å². The van der Waals surface area contributed by atoms with Gasteiger partial charge < -0.3 is 9.84 Å². The third kappa shape index (κ3) is 1.37. The molecule has 1 aliphatic heterocycles. The summed E-state index contributed by atoms with van der Waals surface area (Å²) in [5.74, 6) is 0.746. The number of aliphatic hydroxyl groups excluding tert-OH is 1. The van der Waals surface area contributed by atoms with Crippen molar-refractivity contribution in [3.63, 3.8) is 0 Å². The SMILES string of the molecule is CC1=C2[C@H](C[C@H]3CCC[C@H](C)[C@@]3(C)[C@H]2O)OC1=O. The van der Waals surface area contributed by atoms with Gasteiger partial charge in [-0.15, -0.1) is 0 Å². The molecule has 0 bridgehead atoms. The summed E-state index contributed by atoms with van der Waals surface area (Å²) in [5.41, 5.74) is 1.43. The van der Waals surface area contributed by atoms with Crippen molar-refractivity contribution in [2.75, 3.05) is 0 Å². The molecule has 3 heteroatoms. The molecular weight excluding hydrogens is 228 g/mol. The summed E-state index contributed by atoms with van der Waals surface area (Å²) in [6.07, 6.45) is 3.79. The average Bonchev–Trinajstić information content (AvgIpc) is 2.60. The number of ether oxygens (including phenoxy) is 1. The molecule has 3 rings (SSSR count). The van der Waals surface area contributed by atoms with Crippen LogP contribution in [0.5, 0.6) is 0 Å². The second-order valence-electron chi connectivity index (χ2n) is 6.51. The van der Waals surface area contributed by atoms with E-state index in [1.165, 1.54) is 12.8 Å².